The number of nitrogens with zero attached hydrogens (tertiary/aromatic N) is 3. The number of non-ortho nitro benzene ring substituents is 1. The molecule has 1 aliphatic carbocycles. The van der Waals surface area contributed by atoms with E-state index in [2.05, 4.69) is 43.9 Å². The molecule has 1 saturated carbocycles. The summed E-state index contributed by atoms with van der Waals surface area (Å²) in [6.07, 6.45) is 2.61. The summed E-state index contributed by atoms with van der Waals surface area (Å²) >= 11 is 1.37. The van der Waals surface area contributed by atoms with Gasteiger partial charge in [0.15, 0.2) is 8.32 Å². The molecule has 0 radical (unpaired) electrons. The minimum Gasteiger partial charge on any atom is -0.464 e. The molecule has 0 aliphatic heterocycles. The van der Waals surface area contributed by atoms with Crippen LogP contribution in [0.15, 0.2) is 53.6 Å². The maximum atomic E-state index is 14.4. The van der Waals surface area contributed by atoms with E-state index in [1.807, 2.05) is 0 Å². The standard InChI is InChI=1S/C36H51N5O9S2Si/c1-23(2)50-33(42)38-25-12-10-24(11-13-25)32-37-21-30(51-32)29-19-18-28(40(34(43)44)26-14-16-27(17-15-26)41(45)46)20-31(29)52(47,48)39-36(6,7)22-49-53(8,9)35(3,4)5/h14-21,23-25,39H,10-13,22H2,1-9H3,(H,38,42)(H,43,44). The Labute approximate surface area is 316 Å². The van der Waals surface area contributed by atoms with E-state index in [0.29, 0.717) is 10.4 Å². The van der Waals surface area contributed by atoms with Crippen molar-refractivity contribution in [2.24, 2.45) is 0 Å². The predicted molar refractivity (Wildman–Crippen MR) is 208 cm³/mol. The van der Waals surface area contributed by atoms with E-state index in [-0.39, 0.29) is 51.7 Å². The van der Waals surface area contributed by atoms with E-state index in [0.717, 1.165) is 35.6 Å². The molecule has 1 fully saturated rings. The van der Waals surface area contributed by atoms with Gasteiger partial charge in [0.1, 0.15) is 0 Å². The first-order valence-electron chi connectivity index (χ1n) is 17.5. The number of carboxylic acid groups (broad SMARTS) is 1. The largest absolute Gasteiger partial charge is 0.464 e. The van der Waals surface area contributed by atoms with Crippen LogP contribution >= 0.6 is 11.3 Å². The summed E-state index contributed by atoms with van der Waals surface area (Å²) < 4.78 is 43.2. The summed E-state index contributed by atoms with van der Waals surface area (Å²) in [7, 11) is -6.56. The molecule has 1 heterocycles. The van der Waals surface area contributed by atoms with Crippen molar-refractivity contribution in [2.75, 3.05) is 11.5 Å². The van der Waals surface area contributed by atoms with Gasteiger partial charge in [-0.2, -0.15) is 0 Å². The van der Waals surface area contributed by atoms with Gasteiger partial charge in [0.2, 0.25) is 10.0 Å². The topological polar surface area (TPSA) is 190 Å². The second-order valence-corrected chi connectivity index (χ2v) is 23.3. The third-order valence-electron chi connectivity index (χ3n) is 9.56. The summed E-state index contributed by atoms with van der Waals surface area (Å²) in [5, 5.41) is 25.2. The number of rotatable bonds is 13. The first-order chi connectivity index (χ1) is 24.5. The van der Waals surface area contributed by atoms with E-state index in [4.69, 9.17) is 14.1 Å². The highest BCUT2D eigenvalue weighted by Gasteiger charge is 2.40. The molecule has 0 bridgehead atoms. The fraction of sp³-hybridized carbons (Fsp3) is 0.528. The number of sulfonamides is 1. The van der Waals surface area contributed by atoms with Crippen LogP contribution in [0.3, 0.4) is 0 Å². The zero-order valence-corrected chi connectivity index (χ0v) is 34.4. The minimum atomic E-state index is -4.32. The Balaban J connectivity index is 1.70. The maximum Gasteiger partial charge on any atom is 0.416 e. The molecule has 3 N–H and O–H groups in total. The van der Waals surface area contributed by atoms with E-state index in [1.54, 1.807) is 40.0 Å². The first-order valence-corrected chi connectivity index (χ1v) is 22.7. The number of hydrogen-bond acceptors (Lipinski definition) is 10. The van der Waals surface area contributed by atoms with Crippen LogP contribution in [0, 0.1) is 10.1 Å². The van der Waals surface area contributed by atoms with Crippen molar-refractivity contribution in [3.8, 4) is 10.4 Å². The van der Waals surface area contributed by atoms with Crippen LogP contribution in [-0.4, -0.2) is 68.2 Å². The molecule has 2 aromatic carbocycles. The third kappa shape index (κ3) is 10.6. The lowest BCUT2D eigenvalue weighted by Crippen LogP contribution is -2.51. The van der Waals surface area contributed by atoms with Crippen molar-refractivity contribution >= 4 is 58.9 Å². The second kappa shape index (κ2) is 16.2. The van der Waals surface area contributed by atoms with Crippen LogP contribution in [0.25, 0.3) is 10.4 Å². The van der Waals surface area contributed by atoms with Crippen LogP contribution in [0.2, 0.25) is 18.1 Å². The number of ether oxygens (including phenoxy) is 1. The summed E-state index contributed by atoms with van der Waals surface area (Å²) in [6.45, 7) is 17.6. The summed E-state index contributed by atoms with van der Waals surface area (Å²) in [6, 6.07) is 9.30. The molecule has 0 spiro atoms. The number of nitro benzene ring substituents is 1. The van der Waals surface area contributed by atoms with Gasteiger partial charge in [0, 0.05) is 41.4 Å². The Morgan fingerprint density at radius 2 is 1.66 bits per heavy atom. The number of benzene rings is 2. The number of aromatic nitrogens is 1. The molecule has 2 amide bonds. The number of hydrogen-bond donors (Lipinski definition) is 3. The molecule has 0 saturated heterocycles. The van der Waals surface area contributed by atoms with E-state index in [9.17, 15) is 33.2 Å². The number of carbonyl (C=O) groups is 2. The number of alkyl carbamates (subject to hydrolysis) is 1. The van der Waals surface area contributed by atoms with Crippen LogP contribution in [0.1, 0.15) is 85.1 Å². The molecule has 53 heavy (non-hydrogen) atoms. The van der Waals surface area contributed by atoms with Crippen LogP contribution < -0.4 is 14.9 Å². The minimum absolute atomic E-state index is 0.01000. The Hall–Kier alpha value is -3.90. The lowest BCUT2D eigenvalue weighted by molar-refractivity contribution is -0.384. The molecule has 0 unspecified atom stereocenters. The van der Waals surface area contributed by atoms with Gasteiger partial charge in [0.25, 0.3) is 5.69 Å². The summed E-state index contributed by atoms with van der Waals surface area (Å²) in [4.78, 5) is 41.4. The lowest BCUT2D eigenvalue weighted by Gasteiger charge is -2.39. The zero-order chi connectivity index (χ0) is 39.5. The van der Waals surface area contributed by atoms with Crippen LogP contribution in [-0.2, 0) is 19.2 Å². The van der Waals surface area contributed by atoms with Crippen molar-refractivity contribution < 1.29 is 37.2 Å². The average molecular weight is 790 g/mol. The highest BCUT2D eigenvalue weighted by Crippen LogP contribution is 2.42. The smallest absolute Gasteiger partial charge is 0.416 e. The number of amides is 2. The van der Waals surface area contributed by atoms with Crippen molar-refractivity contribution in [1.82, 2.24) is 15.0 Å². The first kappa shape index (κ1) is 41.8. The third-order valence-corrected chi connectivity index (χ3v) is 17.0. The Morgan fingerprint density at radius 1 is 1.06 bits per heavy atom. The van der Waals surface area contributed by atoms with Crippen molar-refractivity contribution in [1.29, 1.82) is 0 Å². The van der Waals surface area contributed by atoms with Gasteiger partial charge in [-0.1, -0.05) is 26.8 Å². The van der Waals surface area contributed by atoms with Gasteiger partial charge >= 0.3 is 12.2 Å². The van der Waals surface area contributed by atoms with E-state index >= 15 is 0 Å². The molecule has 290 valence electrons. The number of carbonyl (C=O) groups excluding carboxylic acids is 1. The van der Waals surface area contributed by atoms with Crippen LogP contribution in [0.5, 0.6) is 0 Å². The Morgan fingerprint density at radius 3 is 2.21 bits per heavy atom. The fourth-order valence-electron chi connectivity index (χ4n) is 5.70. The highest BCUT2D eigenvalue weighted by atomic mass is 32.2. The van der Waals surface area contributed by atoms with E-state index in [1.165, 1.54) is 47.7 Å². The van der Waals surface area contributed by atoms with Gasteiger partial charge in [0.05, 0.1) is 43.8 Å². The predicted octanol–water partition coefficient (Wildman–Crippen LogP) is 8.77. The second-order valence-electron chi connectivity index (χ2n) is 15.8. The normalized spacial score (nSPS) is 17.0. The molecule has 14 nitrogen and oxygen atoms in total. The van der Waals surface area contributed by atoms with Gasteiger partial charge in [-0.05, 0) is 95.8 Å². The van der Waals surface area contributed by atoms with Gasteiger partial charge in [-0.25, -0.2) is 32.6 Å². The molecule has 1 aliphatic rings. The monoisotopic (exact) mass is 789 g/mol. The number of thiazole rings is 1. The molecule has 4 rings (SSSR count). The SMILES string of the molecule is CC(C)OC(=O)NC1CCC(c2ncc(-c3ccc(N(C(=O)O)c4ccc([N+](=O)[O-])cc4)cc3S(=O)(=O)NC(C)(C)CO[Si](C)(C)C(C)(C)C)s2)CC1. The highest BCUT2D eigenvalue weighted by molar-refractivity contribution is 7.89. The van der Waals surface area contributed by atoms with Gasteiger partial charge in [-0.3, -0.25) is 10.1 Å². The number of nitro groups is 1. The number of nitrogens with one attached hydrogen (secondary N) is 2. The Bertz CT molecular complexity index is 1900. The quantitative estimate of drug-likeness (QED) is 0.0857. The molecule has 17 heteroatoms. The maximum absolute atomic E-state index is 14.4. The zero-order valence-electron chi connectivity index (χ0n) is 31.8. The molecule has 3 aromatic rings. The molecular weight excluding hydrogens is 739 g/mol. The summed E-state index contributed by atoms with van der Waals surface area (Å²) in [5.74, 6) is 0.112. The van der Waals surface area contributed by atoms with Crippen LogP contribution in [0.4, 0.5) is 26.7 Å². The molecule has 0 atom stereocenters. The van der Waals surface area contributed by atoms with Gasteiger partial charge in [-0.15, -0.1) is 11.3 Å². The van der Waals surface area contributed by atoms with Crippen molar-refractivity contribution in [3.05, 3.63) is 63.8 Å². The summed E-state index contributed by atoms with van der Waals surface area (Å²) in [5.41, 5.74) is -0.801. The van der Waals surface area contributed by atoms with Crippen molar-refractivity contribution in [2.45, 2.75) is 121 Å². The average Bonchev–Trinajstić information content (AvgIpc) is 3.53. The van der Waals surface area contributed by atoms with Gasteiger partial charge < -0.3 is 19.6 Å². The molecule has 1 aromatic heterocycles. The molecular formula is C36H51N5O9S2Si. The van der Waals surface area contributed by atoms with Crippen molar-refractivity contribution in [3.63, 3.8) is 0 Å². The number of anilines is 2. The Kier molecular flexibility index (Phi) is 12.8. The lowest BCUT2D eigenvalue weighted by atomic mass is 9.86. The fourth-order valence-corrected chi connectivity index (χ4v) is 9.68. The van der Waals surface area contributed by atoms with E-state index < -0.39 is 41.0 Å².